The van der Waals surface area contributed by atoms with E-state index in [-0.39, 0.29) is 0 Å². The van der Waals surface area contributed by atoms with Gasteiger partial charge in [0.25, 0.3) is 0 Å². The molecule has 0 aromatic heterocycles. The summed E-state index contributed by atoms with van der Waals surface area (Å²) in [5, 5.41) is 8.07. The Morgan fingerprint density at radius 2 is 1.22 bits per heavy atom. The minimum Gasteiger partial charge on any atom is -0.394 e. The summed E-state index contributed by atoms with van der Waals surface area (Å²) in [4.78, 5) is 0. The second-order valence-corrected chi connectivity index (χ2v) is 3.13. The van der Waals surface area contributed by atoms with Crippen LogP contribution in [0.15, 0.2) is 0 Å². The first kappa shape index (κ1) is 17.3. The fourth-order valence-electron chi connectivity index (χ4n) is 0.763. The highest BCUT2D eigenvalue weighted by molar-refractivity contribution is 5.00. The average molecular weight is 294 g/mol. The highest BCUT2D eigenvalue weighted by Crippen LogP contribution is 2.52. The van der Waals surface area contributed by atoms with Crippen molar-refractivity contribution >= 4 is 0 Å². The van der Waals surface area contributed by atoms with Crippen molar-refractivity contribution in [3.05, 3.63) is 0 Å². The average Bonchev–Trinajstić information content (AvgIpc) is 2.15. The van der Waals surface area contributed by atoms with E-state index in [0.29, 0.717) is 0 Å². The van der Waals surface area contributed by atoms with Gasteiger partial charge in [-0.15, -0.1) is 0 Å². The van der Waals surface area contributed by atoms with Crippen molar-refractivity contribution in [3.63, 3.8) is 0 Å². The second-order valence-electron chi connectivity index (χ2n) is 3.13. The van der Waals surface area contributed by atoms with Crippen molar-refractivity contribution in [2.45, 2.75) is 23.9 Å². The smallest absolute Gasteiger partial charge is 0.394 e. The van der Waals surface area contributed by atoms with Crippen LogP contribution in [-0.2, 0) is 4.74 Å². The highest BCUT2D eigenvalue weighted by atomic mass is 19.4. The van der Waals surface area contributed by atoms with Gasteiger partial charge in [0.1, 0.15) is 6.61 Å². The lowest BCUT2D eigenvalue weighted by molar-refractivity contribution is -0.399. The Labute approximate surface area is 94.3 Å². The number of halogens is 9. The molecule has 0 saturated heterocycles. The fourth-order valence-corrected chi connectivity index (χ4v) is 0.763. The summed E-state index contributed by atoms with van der Waals surface area (Å²) >= 11 is 0. The predicted octanol–water partition coefficient (Wildman–Crippen LogP) is 2.46. The maximum absolute atomic E-state index is 12.6. The summed E-state index contributed by atoms with van der Waals surface area (Å²) in [6.45, 7) is -4.19. The lowest BCUT2D eigenvalue weighted by Crippen LogP contribution is -2.62. The SMILES string of the molecule is OCCOCC(F)(F)C(F)(F)C(F)(F)C(F)(F)F. The molecule has 0 bridgehead atoms. The minimum absolute atomic E-state index is 0.892. The lowest BCUT2D eigenvalue weighted by Gasteiger charge is -2.33. The first-order valence-electron chi connectivity index (χ1n) is 4.20. The molecule has 0 aromatic carbocycles. The molecule has 0 rings (SSSR count). The maximum Gasteiger partial charge on any atom is 0.460 e. The number of hydrogen-bond donors (Lipinski definition) is 1. The van der Waals surface area contributed by atoms with E-state index in [1.165, 1.54) is 0 Å². The molecule has 0 atom stereocenters. The molecule has 0 aliphatic rings. The molecule has 0 aliphatic heterocycles. The summed E-state index contributed by atoms with van der Waals surface area (Å²) in [7, 11) is 0. The van der Waals surface area contributed by atoms with E-state index in [1.54, 1.807) is 0 Å². The third-order valence-electron chi connectivity index (χ3n) is 1.73. The number of hydrogen-bond acceptors (Lipinski definition) is 2. The number of aliphatic hydroxyl groups excluding tert-OH is 1. The molecule has 0 saturated carbocycles. The third kappa shape index (κ3) is 2.99. The molecule has 0 radical (unpaired) electrons. The standard InChI is InChI=1S/C7H7F9O2/c8-4(9,3-18-2-1-17)5(10,11)6(12,13)7(14,15)16/h17H,1-3H2. The van der Waals surface area contributed by atoms with E-state index in [2.05, 4.69) is 4.74 Å². The summed E-state index contributed by atoms with van der Waals surface area (Å²) < 4.78 is 113. The number of alkyl halides is 9. The van der Waals surface area contributed by atoms with Crippen molar-refractivity contribution in [2.75, 3.05) is 19.8 Å². The zero-order valence-corrected chi connectivity index (χ0v) is 8.38. The molecule has 0 amide bonds. The van der Waals surface area contributed by atoms with Crippen LogP contribution in [0.25, 0.3) is 0 Å². The summed E-state index contributed by atoms with van der Waals surface area (Å²) in [6, 6.07) is 0. The Hall–Kier alpha value is -0.710. The Morgan fingerprint density at radius 1 is 0.778 bits per heavy atom. The molecule has 1 N–H and O–H groups in total. The topological polar surface area (TPSA) is 29.5 Å². The maximum atomic E-state index is 12.6. The number of ether oxygens (including phenoxy) is 1. The van der Waals surface area contributed by atoms with Gasteiger partial charge in [-0.1, -0.05) is 0 Å². The van der Waals surface area contributed by atoms with Gasteiger partial charge in [-0.3, -0.25) is 0 Å². The number of aliphatic hydroxyl groups is 1. The highest BCUT2D eigenvalue weighted by Gasteiger charge is 2.81. The molecule has 11 heteroatoms. The molecule has 2 nitrogen and oxygen atoms in total. The van der Waals surface area contributed by atoms with E-state index in [0.717, 1.165) is 0 Å². The van der Waals surface area contributed by atoms with Crippen molar-refractivity contribution < 1.29 is 49.4 Å². The predicted molar refractivity (Wildman–Crippen MR) is 38.8 cm³/mol. The van der Waals surface area contributed by atoms with E-state index in [4.69, 9.17) is 5.11 Å². The molecule has 0 unspecified atom stereocenters. The van der Waals surface area contributed by atoms with E-state index in [1.807, 2.05) is 0 Å². The van der Waals surface area contributed by atoms with Gasteiger partial charge in [0, 0.05) is 0 Å². The van der Waals surface area contributed by atoms with Crippen LogP contribution < -0.4 is 0 Å². The van der Waals surface area contributed by atoms with E-state index in [9.17, 15) is 39.5 Å². The normalized spacial score (nSPS) is 15.0. The molecule has 18 heavy (non-hydrogen) atoms. The van der Waals surface area contributed by atoms with Gasteiger partial charge in [0.15, 0.2) is 0 Å². The van der Waals surface area contributed by atoms with E-state index < -0.39 is 43.8 Å². The van der Waals surface area contributed by atoms with Crippen LogP contribution in [0.2, 0.25) is 0 Å². The van der Waals surface area contributed by atoms with Gasteiger partial charge in [-0.2, -0.15) is 39.5 Å². The Morgan fingerprint density at radius 3 is 1.56 bits per heavy atom. The zero-order chi connectivity index (χ0) is 14.8. The van der Waals surface area contributed by atoms with Gasteiger partial charge in [0.05, 0.1) is 13.2 Å². The van der Waals surface area contributed by atoms with Crippen molar-refractivity contribution in [2.24, 2.45) is 0 Å². The number of rotatable bonds is 6. The van der Waals surface area contributed by atoms with Gasteiger partial charge < -0.3 is 9.84 Å². The van der Waals surface area contributed by atoms with Gasteiger partial charge >= 0.3 is 23.9 Å². The largest absolute Gasteiger partial charge is 0.460 e. The molecule has 0 fully saturated rings. The molecule has 0 heterocycles. The Kier molecular flexibility index (Phi) is 4.91. The fraction of sp³-hybridized carbons (Fsp3) is 1.00. The van der Waals surface area contributed by atoms with Crippen LogP contribution >= 0.6 is 0 Å². The first-order chi connectivity index (χ1) is 7.81. The van der Waals surface area contributed by atoms with Crippen LogP contribution in [0, 0.1) is 0 Å². The van der Waals surface area contributed by atoms with Crippen LogP contribution in [0.3, 0.4) is 0 Å². The van der Waals surface area contributed by atoms with Crippen LogP contribution in [0.4, 0.5) is 39.5 Å². The Bertz CT molecular complexity index is 273. The molecule has 0 aromatic rings. The van der Waals surface area contributed by atoms with Crippen molar-refractivity contribution in [1.82, 2.24) is 0 Å². The molecule has 0 aliphatic carbocycles. The second kappa shape index (κ2) is 5.11. The van der Waals surface area contributed by atoms with Gasteiger partial charge in [-0.25, -0.2) is 0 Å². The molecular weight excluding hydrogens is 287 g/mol. The first-order valence-corrected chi connectivity index (χ1v) is 4.20. The molecule has 110 valence electrons. The quantitative estimate of drug-likeness (QED) is 0.602. The monoisotopic (exact) mass is 294 g/mol. The van der Waals surface area contributed by atoms with Crippen LogP contribution in [0.5, 0.6) is 0 Å². The molecule has 0 spiro atoms. The van der Waals surface area contributed by atoms with Crippen molar-refractivity contribution in [1.29, 1.82) is 0 Å². The van der Waals surface area contributed by atoms with Gasteiger partial charge in [-0.05, 0) is 0 Å². The summed E-state index contributed by atoms with van der Waals surface area (Å²) in [6.07, 6.45) is -6.84. The third-order valence-corrected chi connectivity index (χ3v) is 1.73. The van der Waals surface area contributed by atoms with E-state index >= 15 is 0 Å². The molecular formula is C7H7F9O2. The van der Waals surface area contributed by atoms with Crippen LogP contribution in [-0.4, -0.2) is 48.9 Å². The van der Waals surface area contributed by atoms with Crippen molar-refractivity contribution in [3.8, 4) is 0 Å². The Balaban J connectivity index is 5.11. The lowest BCUT2D eigenvalue weighted by atomic mass is 10.0. The van der Waals surface area contributed by atoms with Crippen LogP contribution in [0.1, 0.15) is 0 Å². The summed E-state index contributed by atoms with van der Waals surface area (Å²) in [5.41, 5.74) is 0. The van der Waals surface area contributed by atoms with Gasteiger partial charge in [0.2, 0.25) is 0 Å². The summed E-state index contributed by atoms with van der Waals surface area (Å²) in [5.74, 6) is -19.3. The minimum atomic E-state index is -6.91. The zero-order valence-electron chi connectivity index (χ0n) is 8.38.